The number of nitrogen functional groups attached to an aromatic ring is 1. The molecule has 0 aromatic carbocycles. The van der Waals surface area contributed by atoms with Crippen LogP contribution in [0.4, 0.5) is 5.82 Å². The molecule has 0 saturated carbocycles. The molecule has 0 saturated heterocycles. The highest BCUT2D eigenvalue weighted by atomic mass is 16.2. The molecule has 1 amide bonds. The van der Waals surface area contributed by atoms with E-state index in [0.717, 1.165) is 6.42 Å². The number of nitrogens with one attached hydrogen (secondary N) is 1. The summed E-state index contributed by atoms with van der Waals surface area (Å²) in [6, 6.07) is 5.34. The second-order valence-electron chi connectivity index (χ2n) is 3.73. The summed E-state index contributed by atoms with van der Waals surface area (Å²) >= 11 is 0. The van der Waals surface area contributed by atoms with Gasteiger partial charge < -0.3 is 10.3 Å². The first-order chi connectivity index (χ1) is 7.60. The summed E-state index contributed by atoms with van der Waals surface area (Å²) in [6.07, 6.45) is 0.914. The van der Waals surface area contributed by atoms with E-state index in [1.54, 1.807) is 30.1 Å². The fourth-order valence-corrected chi connectivity index (χ4v) is 1.29. The molecule has 0 radical (unpaired) electrons. The molecule has 16 heavy (non-hydrogen) atoms. The van der Waals surface area contributed by atoms with Crippen molar-refractivity contribution in [3.63, 3.8) is 0 Å². The normalized spacial score (nSPS) is 12.0. The molecule has 0 aliphatic carbocycles. The van der Waals surface area contributed by atoms with Crippen LogP contribution in [-0.2, 0) is 0 Å². The molecular formula is C11H18N4O. The topological polar surface area (TPSA) is 71.2 Å². The number of nitrogens with two attached hydrogens (primary N) is 1. The van der Waals surface area contributed by atoms with Crippen molar-refractivity contribution in [2.24, 2.45) is 5.84 Å². The van der Waals surface area contributed by atoms with Crippen LogP contribution in [0.2, 0.25) is 0 Å². The maximum absolute atomic E-state index is 12.0. The Morgan fingerprint density at radius 3 is 2.88 bits per heavy atom. The Morgan fingerprint density at radius 2 is 2.31 bits per heavy atom. The third-order valence-electron chi connectivity index (χ3n) is 2.69. The first-order valence-corrected chi connectivity index (χ1v) is 5.31. The van der Waals surface area contributed by atoms with Crippen LogP contribution < -0.4 is 11.3 Å². The minimum Gasteiger partial charge on any atom is -0.338 e. The highest BCUT2D eigenvalue weighted by molar-refractivity contribution is 5.92. The number of pyridine rings is 1. The fourth-order valence-electron chi connectivity index (χ4n) is 1.29. The van der Waals surface area contributed by atoms with E-state index in [2.05, 4.69) is 10.4 Å². The van der Waals surface area contributed by atoms with Crippen LogP contribution >= 0.6 is 0 Å². The zero-order valence-electron chi connectivity index (χ0n) is 9.90. The van der Waals surface area contributed by atoms with Crippen molar-refractivity contribution in [2.75, 3.05) is 12.5 Å². The van der Waals surface area contributed by atoms with Gasteiger partial charge >= 0.3 is 0 Å². The minimum absolute atomic E-state index is 0.0912. The van der Waals surface area contributed by atoms with Crippen LogP contribution in [-0.4, -0.2) is 28.9 Å². The lowest BCUT2D eigenvalue weighted by Gasteiger charge is -2.23. The molecule has 1 atom stereocenters. The van der Waals surface area contributed by atoms with Crippen LogP contribution in [0.15, 0.2) is 18.2 Å². The summed E-state index contributed by atoms with van der Waals surface area (Å²) in [4.78, 5) is 17.8. The van der Waals surface area contributed by atoms with Crippen molar-refractivity contribution in [2.45, 2.75) is 26.3 Å². The lowest BCUT2D eigenvalue weighted by Crippen LogP contribution is -2.35. The molecular weight excluding hydrogens is 204 g/mol. The molecule has 5 nitrogen and oxygen atoms in total. The Labute approximate surface area is 95.6 Å². The van der Waals surface area contributed by atoms with E-state index in [1.165, 1.54) is 0 Å². The molecule has 1 aromatic heterocycles. The second-order valence-corrected chi connectivity index (χ2v) is 3.73. The van der Waals surface area contributed by atoms with Crippen LogP contribution in [0, 0.1) is 0 Å². The Balaban J connectivity index is 2.87. The molecule has 0 aliphatic rings. The smallest absolute Gasteiger partial charge is 0.272 e. The van der Waals surface area contributed by atoms with E-state index in [-0.39, 0.29) is 11.9 Å². The Hall–Kier alpha value is -1.62. The number of rotatable bonds is 4. The summed E-state index contributed by atoms with van der Waals surface area (Å²) in [6.45, 7) is 4.04. The first-order valence-electron chi connectivity index (χ1n) is 5.31. The Kier molecular flexibility index (Phi) is 4.25. The van der Waals surface area contributed by atoms with E-state index in [4.69, 9.17) is 5.84 Å². The SMILES string of the molecule is CCC(C)N(C)C(=O)c1cccc(NN)n1. The molecule has 3 N–H and O–H groups in total. The van der Waals surface area contributed by atoms with E-state index in [1.807, 2.05) is 13.8 Å². The maximum Gasteiger partial charge on any atom is 0.272 e. The summed E-state index contributed by atoms with van der Waals surface area (Å²) in [5.74, 6) is 5.64. The average molecular weight is 222 g/mol. The quantitative estimate of drug-likeness (QED) is 0.594. The van der Waals surface area contributed by atoms with E-state index in [9.17, 15) is 4.79 Å². The second kappa shape index (κ2) is 5.46. The number of hydrazine groups is 1. The van der Waals surface area contributed by atoms with Gasteiger partial charge in [0.2, 0.25) is 0 Å². The van der Waals surface area contributed by atoms with Crippen LogP contribution in [0.25, 0.3) is 0 Å². The first kappa shape index (κ1) is 12.4. The van der Waals surface area contributed by atoms with Crippen molar-refractivity contribution in [1.82, 2.24) is 9.88 Å². The van der Waals surface area contributed by atoms with Gasteiger partial charge in [0.25, 0.3) is 5.91 Å². The standard InChI is InChI=1S/C11H18N4O/c1-4-8(2)15(3)11(16)9-6-5-7-10(13-9)14-12/h5-8H,4,12H2,1-3H3,(H,13,14). The number of aromatic nitrogens is 1. The molecule has 1 aromatic rings. The van der Waals surface area contributed by atoms with Gasteiger partial charge in [0.05, 0.1) is 0 Å². The number of anilines is 1. The average Bonchev–Trinajstić information content (AvgIpc) is 2.36. The third-order valence-corrected chi connectivity index (χ3v) is 2.69. The van der Waals surface area contributed by atoms with Crippen molar-refractivity contribution in [3.05, 3.63) is 23.9 Å². The lowest BCUT2D eigenvalue weighted by molar-refractivity contribution is 0.0735. The van der Waals surface area contributed by atoms with Gasteiger partial charge in [-0.2, -0.15) is 0 Å². The van der Waals surface area contributed by atoms with Crippen LogP contribution in [0.3, 0.4) is 0 Å². The predicted molar refractivity (Wildman–Crippen MR) is 63.9 cm³/mol. The number of nitrogens with zero attached hydrogens (tertiary/aromatic N) is 2. The molecule has 1 rings (SSSR count). The molecule has 1 heterocycles. The van der Waals surface area contributed by atoms with Gasteiger partial charge in [-0.05, 0) is 25.5 Å². The van der Waals surface area contributed by atoms with Crippen molar-refractivity contribution in [3.8, 4) is 0 Å². The maximum atomic E-state index is 12.0. The van der Waals surface area contributed by atoms with Crippen molar-refractivity contribution in [1.29, 1.82) is 0 Å². The monoisotopic (exact) mass is 222 g/mol. The summed E-state index contributed by atoms with van der Waals surface area (Å²) in [7, 11) is 1.78. The number of hydrogen-bond acceptors (Lipinski definition) is 4. The molecule has 0 aliphatic heterocycles. The highest BCUT2D eigenvalue weighted by Gasteiger charge is 2.17. The lowest BCUT2D eigenvalue weighted by atomic mass is 10.2. The van der Waals surface area contributed by atoms with Crippen LogP contribution in [0.5, 0.6) is 0 Å². The highest BCUT2D eigenvalue weighted by Crippen LogP contribution is 2.09. The molecule has 0 spiro atoms. The van der Waals surface area contributed by atoms with Gasteiger partial charge in [0.15, 0.2) is 0 Å². The number of carbonyl (C=O) groups excluding carboxylic acids is 1. The largest absolute Gasteiger partial charge is 0.338 e. The minimum atomic E-state index is -0.0912. The summed E-state index contributed by atoms with van der Waals surface area (Å²) in [5.41, 5.74) is 2.82. The fraction of sp³-hybridized carbons (Fsp3) is 0.455. The summed E-state index contributed by atoms with van der Waals surface area (Å²) < 4.78 is 0. The zero-order valence-corrected chi connectivity index (χ0v) is 9.90. The van der Waals surface area contributed by atoms with Gasteiger partial charge in [0.1, 0.15) is 11.5 Å². The van der Waals surface area contributed by atoms with E-state index in [0.29, 0.717) is 11.5 Å². The zero-order chi connectivity index (χ0) is 12.1. The van der Waals surface area contributed by atoms with Gasteiger partial charge in [-0.25, -0.2) is 10.8 Å². The summed E-state index contributed by atoms with van der Waals surface area (Å²) in [5, 5.41) is 0. The molecule has 1 unspecified atom stereocenters. The molecule has 0 bridgehead atoms. The van der Waals surface area contributed by atoms with Crippen molar-refractivity contribution >= 4 is 11.7 Å². The third kappa shape index (κ3) is 2.70. The molecule has 5 heteroatoms. The van der Waals surface area contributed by atoms with E-state index < -0.39 is 0 Å². The van der Waals surface area contributed by atoms with Gasteiger partial charge in [0, 0.05) is 13.1 Å². The van der Waals surface area contributed by atoms with Crippen LogP contribution in [0.1, 0.15) is 30.8 Å². The van der Waals surface area contributed by atoms with Crippen molar-refractivity contribution < 1.29 is 4.79 Å². The predicted octanol–water partition coefficient (Wildman–Crippen LogP) is 1.24. The number of carbonyl (C=O) groups is 1. The molecule has 88 valence electrons. The Bertz CT molecular complexity index is 367. The van der Waals surface area contributed by atoms with Gasteiger partial charge in [-0.3, -0.25) is 4.79 Å². The number of hydrogen-bond donors (Lipinski definition) is 2. The van der Waals surface area contributed by atoms with E-state index >= 15 is 0 Å². The Morgan fingerprint density at radius 1 is 1.62 bits per heavy atom. The number of amides is 1. The van der Waals surface area contributed by atoms with Gasteiger partial charge in [-0.15, -0.1) is 0 Å². The van der Waals surface area contributed by atoms with Gasteiger partial charge in [-0.1, -0.05) is 13.0 Å². The molecule has 0 fully saturated rings.